The van der Waals surface area contributed by atoms with E-state index in [4.69, 9.17) is 11.6 Å². The van der Waals surface area contributed by atoms with Crippen LogP contribution in [0.3, 0.4) is 0 Å². The second-order valence-electron chi connectivity index (χ2n) is 4.05. The third-order valence-electron chi connectivity index (χ3n) is 2.77. The van der Waals surface area contributed by atoms with Gasteiger partial charge in [0.2, 0.25) is 0 Å². The maximum Gasteiger partial charge on any atom is 0.129 e. The number of pyridine rings is 1. The maximum absolute atomic E-state index is 5.85. The quantitative estimate of drug-likeness (QED) is 0.551. The highest BCUT2D eigenvalue weighted by Crippen LogP contribution is 2.20. The van der Waals surface area contributed by atoms with Gasteiger partial charge in [-0.05, 0) is 25.5 Å². The smallest absolute Gasteiger partial charge is 0.129 e. The first kappa shape index (κ1) is 13.2. The van der Waals surface area contributed by atoms with Crippen LogP contribution in [0.4, 0.5) is 0 Å². The average molecular weight is 239 g/mol. The van der Waals surface area contributed by atoms with Gasteiger partial charge in [0.1, 0.15) is 5.15 Å². The van der Waals surface area contributed by atoms with E-state index in [9.17, 15) is 0 Å². The number of fused-ring (bicyclic) bond motifs is 1. The van der Waals surface area contributed by atoms with Gasteiger partial charge in [-0.1, -0.05) is 17.7 Å². The van der Waals surface area contributed by atoms with Gasteiger partial charge in [0.25, 0.3) is 0 Å². The van der Waals surface area contributed by atoms with Crippen molar-refractivity contribution in [1.29, 1.82) is 0 Å². The van der Waals surface area contributed by atoms with Gasteiger partial charge < -0.3 is 0 Å². The first-order valence-electron chi connectivity index (χ1n) is 5.55. The van der Waals surface area contributed by atoms with Crippen LogP contribution in [0.2, 0.25) is 5.15 Å². The van der Waals surface area contributed by atoms with Crippen LogP contribution in [-0.2, 0) is 13.0 Å². The predicted octanol–water partition coefficient (Wildman–Crippen LogP) is 3.30. The molecule has 2 nitrogen and oxygen atoms in total. The summed E-state index contributed by atoms with van der Waals surface area (Å²) in [4.78, 5) is 6.80. The van der Waals surface area contributed by atoms with Gasteiger partial charge in [-0.2, -0.15) is 0 Å². The number of hydrogen-bond acceptors (Lipinski definition) is 2. The summed E-state index contributed by atoms with van der Waals surface area (Å²) in [7, 11) is 0. The number of rotatable bonds is 1. The van der Waals surface area contributed by atoms with Crippen molar-refractivity contribution < 1.29 is 0 Å². The molecule has 0 spiro atoms. The molecular formula is C13H19ClN2. The predicted molar refractivity (Wildman–Crippen MR) is 69.8 cm³/mol. The van der Waals surface area contributed by atoms with Gasteiger partial charge in [0, 0.05) is 31.2 Å². The zero-order valence-corrected chi connectivity index (χ0v) is 10.8. The summed E-state index contributed by atoms with van der Waals surface area (Å²) in [6.07, 6.45) is 1.02. The Morgan fingerprint density at radius 3 is 2.69 bits per heavy atom. The second kappa shape index (κ2) is 6.02. The molecule has 3 heteroatoms. The number of nitrogens with zero attached hydrogens (tertiary/aromatic N) is 2. The molecule has 0 saturated carbocycles. The van der Waals surface area contributed by atoms with Crippen LogP contribution >= 0.6 is 11.6 Å². The molecular weight excluding hydrogens is 220 g/mol. The van der Waals surface area contributed by atoms with Crippen LogP contribution in [-0.4, -0.2) is 22.5 Å². The van der Waals surface area contributed by atoms with Crippen molar-refractivity contribution in [2.75, 3.05) is 6.54 Å². The van der Waals surface area contributed by atoms with Gasteiger partial charge in [0.05, 0.1) is 0 Å². The summed E-state index contributed by atoms with van der Waals surface area (Å²) in [5, 5.41) is 0.613. The summed E-state index contributed by atoms with van der Waals surface area (Å²) < 4.78 is 0. The molecule has 1 aromatic heterocycles. The SMILES string of the molecule is C=C.CC(C)N1CCc2nc(Cl)ccc2C1. The van der Waals surface area contributed by atoms with Crippen LogP contribution in [0.15, 0.2) is 25.3 Å². The van der Waals surface area contributed by atoms with Gasteiger partial charge in [-0.25, -0.2) is 4.98 Å². The van der Waals surface area contributed by atoms with Crippen LogP contribution in [0, 0.1) is 0 Å². The molecule has 0 aromatic carbocycles. The molecule has 0 bridgehead atoms. The lowest BCUT2D eigenvalue weighted by molar-refractivity contribution is 0.202. The van der Waals surface area contributed by atoms with Crippen molar-refractivity contribution in [3.05, 3.63) is 41.7 Å². The van der Waals surface area contributed by atoms with Crippen LogP contribution in [0.25, 0.3) is 0 Å². The largest absolute Gasteiger partial charge is 0.296 e. The summed E-state index contributed by atoms with van der Waals surface area (Å²) in [6, 6.07) is 4.59. The Bertz CT molecular complexity index is 350. The van der Waals surface area contributed by atoms with Crippen molar-refractivity contribution >= 4 is 11.6 Å². The van der Waals surface area contributed by atoms with Crippen molar-refractivity contribution in [1.82, 2.24) is 9.88 Å². The van der Waals surface area contributed by atoms with Gasteiger partial charge in [-0.3, -0.25) is 4.90 Å². The lowest BCUT2D eigenvalue weighted by Gasteiger charge is -2.31. The number of halogens is 1. The van der Waals surface area contributed by atoms with Crippen molar-refractivity contribution in [3.63, 3.8) is 0 Å². The minimum Gasteiger partial charge on any atom is -0.296 e. The molecule has 0 radical (unpaired) electrons. The Kier molecular flexibility index (Phi) is 4.97. The van der Waals surface area contributed by atoms with E-state index >= 15 is 0 Å². The summed E-state index contributed by atoms with van der Waals surface area (Å²) in [6.45, 7) is 12.6. The summed E-state index contributed by atoms with van der Waals surface area (Å²) in [5.74, 6) is 0. The maximum atomic E-state index is 5.85. The molecule has 0 saturated heterocycles. The van der Waals surface area contributed by atoms with E-state index in [0.29, 0.717) is 11.2 Å². The topological polar surface area (TPSA) is 16.1 Å². The fourth-order valence-corrected chi connectivity index (χ4v) is 2.02. The standard InChI is InChI=1S/C11H15ClN2.C2H4/c1-8(2)14-6-5-10-9(7-14)3-4-11(12)13-10;1-2/h3-4,8H,5-7H2,1-2H3;1-2H2. The molecule has 1 aromatic rings. The van der Waals surface area contributed by atoms with E-state index in [0.717, 1.165) is 19.5 Å². The molecule has 16 heavy (non-hydrogen) atoms. The zero-order chi connectivity index (χ0) is 12.1. The lowest BCUT2D eigenvalue weighted by Crippen LogP contribution is -2.36. The Morgan fingerprint density at radius 2 is 2.06 bits per heavy atom. The highest BCUT2D eigenvalue weighted by Gasteiger charge is 2.18. The average Bonchev–Trinajstić information content (AvgIpc) is 2.30. The minimum absolute atomic E-state index is 0.610. The monoisotopic (exact) mass is 238 g/mol. The van der Waals surface area contributed by atoms with Crippen LogP contribution in [0.1, 0.15) is 25.1 Å². The van der Waals surface area contributed by atoms with Crippen LogP contribution < -0.4 is 0 Å². The Balaban J connectivity index is 0.000000606. The first-order chi connectivity index (χ1) is 7.66. The second-order valence-corrected chi connectivity index (χ2v) is 4.44. The lowest BCUT2D eigenvalue weighted by atomic mass is 10.0. The molecule has 0 N–H and O–H groups in total. The molecule has 0 atom stereocenters. The normalized spacial score (nSPS) is 15.2. The zero-order valence-electron chi connectivity index (χ0n) is 10.0. The number of hydrogen-bond donors (Lipinski definition) is 0. The van der Waals surface area contributed by atoms with E-state index in [1.165, 1.54) is 11.3 Å². The van der Waals surface area contributed by atoms with E-state index in [1.807, 2.05) is 6.07 Å². The minimum atomic E-state index is 0.610. The van der Waals surface area contributed by atoms with E-state index < -0.39 is 0 Å². The Labute approximate surface area is 103 Å². The molecule has 88 valence electrons. The Hall–Kier alpha value is -0.860. The molecule has 0 aliphatic carbocycles. The van der Waals surface area contributed by atoms with Gasteiger partial charge >= 0.3 is 0 Å². The van der Waals surface area contributed by atoms with Crippen LogP contribution in [0.5, 0.6) is 0 Å². The van der Waals surface area contributed by atoms with E-state index in [-0.39, 0.29) is 0 Å². The fourth-order valence-electron chi connectivity index (χ4n) is 1.85. The third kappa shape index (κ3) is 3.06. The van der Waals surface area contributed by atoms with Gasteiger partial charge in [0.15, 0.2) is 0 Å². The molecule has 2 heterocycles. The summed E-state index contributed by atoms with van der Waals surface area (Å²) in [5.41, 5.74) is 2.50. The van der Waals surface area contributed by atoms with Gasteiger partial charge in [-0.15, -0.1) is 13.2 Å². The Morgan fingerprint density at radius 1 is 1.38 bits per heavy atom. The van der Waals surface area contributed by atoms with Crippen molar-refractivity contribution in [2.24, 2.45) is 0 Å². The third-order valence-corrected chi connectivity index (χ3v) is 2.98. The summed E-state index contributed by atoms with van der Waals surface area (Å²) >= 11 is 5.85. The first-order valence-corrected chi connectivity index (χ1v) is 5.93. The molecule has 0 fully saturated rings. The number of aromatic nitrogens is 1. The highest BCUT2D eigenvalue weighted by molar-refractivity contribution is 6.29. The molecule has 1 aliphatic rings. The molecule has 1 aliphatic heterocycles. The van der Waals surface area contributed by atoms with Crippen molar-refractivity contribution in [2.45, 2.75) is 32.9 Å². The van der Waals surface area contributed by atoms with E-state index in [1.54, 1.807) is 0 Å². The molecule has 2 rings (SSSR count). The highest BCUT2D eigenvalue weighted by atomic mass is 35.5. The molecule has 0 unspecified atom stereocenters. The molecule has 0 amide bonds. The van der Waals surface area contributed by atoms with E-state index in [2.05, 4.69) is 43.0 Å². The van der Waals surface area contributed by atoms with Crippen molar-refractivity contribution in [3.8, 4) is 0 Å². The fraction of sp³-hybridized carbons (Fsp3) is 0.462.